The summed E-state index contributed by atoms with van der Waals surface area (Å²) < 4.78 is 25.3. The predicted molar refractivity (Wildman–Crippen MR) is 85.6 cm³/mol. The first-order chi connectivity index (χ1) is 10.9. The van der Waals surface area contributed by atoms with E-state index in [0.717, 1.165) is 12.8 Å². The van der Waals surface area contributed by atoms with E-state index in [1.165, 1.54) is 10.6 Å². The van der Waals surface area contributed by atoms with E-state index in [9.17, 15) is 8.42 Å². The summed E-state index contributed by atoms with van der Waals surface area (Å²) in [6, 6.07) is 3.24. The molecule has 2 aromatic heterocycles. The molecule has 1 saturated heterocycles. The summed E-state index contributed by atoms with van der Waals surface area (Å²) in [6.07, 6.45) is 6.08. The molecule has 0 bridgehead atoms. The van der Waals surface area contributed by atoms with Gasteiger partial charge in [0.25, 0.3) is 0 Å². The molecule has 23 heavy (non-hydrogen) atoms. The van der Waals surface area contributed by atoms with Crippen molar-refractivity contribution in [1.29, 1.82) is 0 Å². The largest absolute Gasteiger partial charge is 0.309 e. The van der Waals surface area contributed by atoms with E-state index < -0.39 is 10.0 Å². The zero-order valence-electron chi connectivity index (χ0n) is 13.0. The van der Waals surface area contributed by atoms with Crippen LogP contribution in [0.5, 0.6) is 0 Å². The summed E-state index contributed by atoms with van der Waals surface area (Å²) in [5.41, 5.74) is 0.693. The van der Waals surface area contributed by atoms with Crippen LogP contribution in [0.2, 0.25) is 0 Å². The highest BCUT2D eigenvalue weighted by Crippen LogP contribution is 2.33. The van der Waals surface area contributed by atoms with Gasteiger partial charge in [-0.05, 0) is 25.8 Å². The second-order valence-electron chi connectivity index (χ2n) is 5.45. The number of hydrogen-bond donors (Lipinski definition) is 1. The number of hydrogen-bond acceptors (Lipinski definition) is 7. The third-order valence-electron chi connectivity index (χ3n) is 3.63. The van der Waals surface area contributed by atoms with Gasteiger partial charge in [-0.25, -0.2) is 28.4 Å². The number of sulfonamides is 1. The third-order valence-corrected chi connectivity index (χ3v) is 4.92. The topological polar surface area (TPSA) is 101 Å². The number of nitrogens with zero attached hydrogens (tertiary/aromatic N) is 5. The minimum Gasteiger partial charge on any atom is -0.309 e. The molecule has 1 aliphatic heterocycles. The number of aryl methyl sites for hydroxylation is 1. The van der Waals surface area contributed by atoms with Crippen LogP contribution in [-0.2, 0) is 10.0 Å². The fourth-order valence-corrected chi connectivity index (χ4v) is 3.87. The van der Waals surface area contributed by atoms with Crippen LogP contribution in [0.15, 0.2) is 24.5 Å². The molecule has 2 aromatic rings. The zero-order chi connectivity index (χ0) is 16.4. The summed E-state index contributed by atoms with van der Waals surface area (Å²) in [5.74, 6) is 1.56. The number of anilines is 2. The SMILES string of the molecule is Cc1nc(Nc2ncccn2)cc([C@@H]2CCCN2S(C)(=O)=O)n1. The van der Waals surface area contributed by atoms with Gasteiger partial charge >= 0.3 is 0 Å². The van der Waals surface area contributed by atoms with Crippen LogP contribution in [0.4, 0.5) is 11.8 Å². The van der Waals surface area contributed by atoms with Gasteiger partial charge in [0.05, 0.1) is 18.0 Å². The lowest BCUT2D eigenvalue weighted by Gasteiger charge is -2.22. The van der Waals surface area contributed by atoms with Crippen molar-refractivity contribution in [2.45, 2.75) is 25.8 Å². The maximum absolute atomic E-state index is 11.9. The monoisotopic (exact) mass is 334 g/mol. The van der Waals surface area contributed by atoms with Crippen LogP contribution in [-0.4, -0.2) is 45.5 Å². The van der Waals surface area contributed by atoms with Crippen molar-refractivity contribution in [3.63, 3.8) is 0 Å². The maximum Gasteiger partial charge on any atom is 0.228 e. The van der Waals surface area contributed by atoms with Gasteiger partial charge in [0, 0.05) is 25.0 Å². The predicted octanol–water partition coefficient (Wildman–Crippen LogP) is 1.42. The Kier molecular flexibility index (Phi) is 4.22. The Labute approximate surface area is 135 Å². The average Bonchev–Trinajstić information content (AvgIpc) is 2.97. The van der Waals surface area contributed by atoms with E-state index >= 15 is 0 Å². The van der Waals surface area contributed by atoms with Gasteiger partial charge < -0.3 is 5.32 Å². The molecule has 1 fully saturated rings. The van der Waals surface area contributed by atoms with Gasteiger partial charge in [-0.15, -0.1) is 0 Å². The molecule has 1 N–H and O–H groups in total. The Bertz CT molecular complexity index is 796. The van der Waals surface area contributed by atoms with E-state index in [2.05, 4.69) is 25.3 Å². The van der Waals surface area contributed by atoms with Crippen LogP contribution in [0.1, 0.15) is 30.4 Å². The molecule has 0 aliphatic carbocycles. The van der Waals surface area contributed by atoms with E-state index in [4.69, 9.17) is 0 Å². The first kappa shape index (κ1) is 15.8. The molecule has 0 radical (unpaired) electrons. The van der Waals surface area contributed by atoms with E-state index in [1.54, 1.807) is 31.5 Å². The molecule has 0 unspecified atom stereocenters. The van der Waals surface area contributed by atoms with E-state index in [1.807, 2.05) is 0 Å². The molecule has 122 valence electrons. The normalized spacial score (nSPS) is 19.0. The average molecular weight is 334 g/mol. The quantitative estimate of drug-likeness (QED) is 0.902. The minimum absolute atomic E-state index is 0.246. The first-order valence-electron chi connectivity index (χ1n) is 7.30. The van der Waals surface area contributed by atoms with E-state index in [-0.39, 0.29) is 6.04 Å². The summed E-state index contributed by atoms with van der Waals surface area (Å²) in [6.45, 7) is 2.30. The highest BCUT2D eigenvalue weighted by Gasteiger charge is 2.33. The molecule has 0 aromatic carbocycles. The van der Waals surface area contributed by atoms with Crippen molar-refractivity contribution in [2.24, 2.45) is 0 Å². The Balaban J connectivity index is 1.91. The Morgan fingerprint density at radius 2 is 2.00 bits per heavy atom. The maximum atomic E-state index is 11.9. The Morgan fingerprint density at radius 1 is 1.26 bits per heavy atom. The second-order valence-corrected chi connectivity index (χ2v) is 7.39. The van der Waals surface area contributed by atoms with E-state index in [0.29, 0.717) is 29.8 Å². The summed E-state index contributed by atoms with van der Waals surface area (Å²) in [5, 5.41) is 3.02. The number of aromatic nitrogens is 4. The summed E-state index contributed by atoms with van der Waals surface area (Å²) >= 11 is 0. The molecule has 3 heterocycles. The van der Waals surface area contributed by atoms with Gasteiger partial charge in [0.15, 0.2) is 0 Å². The fraction of sp³-hybridized carbons (Fsp3) is 0.429. The fourth-order valence-electron chi connectivity index (χ4n) is 2.74. The standard InChI is InChI=1S/C14H18N6O2S/c1-10-17-11(12-5-3-8-20(12)23(2,21)22)9-13(18-10)19-14-15-6-4-7-16-14/h4,6-7,9,12H,3,5,8H2,1-2H3,(H,15,16,17,18,19)/t12-/m0/s1. The molecule has 8 nitrogen and oxygen atoms in total. The summed E-state index contributed by atoms with van der Waals surface area (Å²) in [4.78, 5) is 16.9. The van der Waals surface area contributed by atoms with Crippen LogP contribution in [0, 0.1) is 6.92 Å². The van der Waals surface area contributed by atoms with Crippen LogP contribution < -0.4 is 5.32 Å². The Morgan fingerprint density at radius 3 is 2.70 bits per heavy atom. The van der Waals surface area contributed by atoms with Crippen molar-refractivity contribution >= 4 is 21.8 Å². The minimum atomic E-state index is -3.26. The molecule has 0 amide bonds. The number of nitrogens with one attached hydrogen (secondary N) is 1. The van der Waals surface area contributed by atoms with Crippen molar-refractivity contribution in [3.8, 4) is 0 Å². The van der Waals surface area contributed by atoms with Crippen LogP contribution in [0.25, 0.3) is 0 Å². The second kappa shape index (κ2) is 6.17. The molecule has 9 heteroatoms. The molecule has 1 atom stereocenters. The lowest BCUT2D eigenvalue weighted by molar-refractivity contribution is 0.393. The molecule has 0 spiro atoms. The highest BCUT2D eigenvalue weighted by molar-refractivity contribution is 7.88. The van der Waals surface area contributed by atoms with Crippen LogP contribution >= 0.6 is 0 Å². The highest BCUT2D eigenvalue weighted by atomic mass is 32.2. The van der Waals surface area contributed by atoms with Crippen molar-refractivity contribution in [1.82, 2.24) is 24.2 Å². The van der Waals surface area contributed by atoms with Gasteiger partial charge in [0.2, 0.25) is 16.0 Å². The van der Waals surface area contributed by atoms with Gasteiger partial charge in [-0.2, -0.15) is 4.31 Å². The molecule has 0 saturated carbocycles. The van der Waals surface area contributed by atoms with Crippen molar-refractivity contribution < 1.29 is 8.42 Å². The zero-order valence-corrected chi connectivity index (χ0v) is 13.8. The van der Waals surface area contributed by atoms with Crippen LogP contribution in [0.3, 0.4) is 0 Å². The molecule has 1 aliphatic rings. The number of rotatable bonds is 4. The van der Waals surface area contributed by atoms with Gasteiger partial charge in [0.1, 0.15) is 11.6 Å². The first-order valence-corrected chi connectivity index (χ1v) is 9.15. The summed E-state index contributed by atoms with van der Waals surface area (Å²) in [7, 11) is -3.26. The van der Waals surface area contributed by atoms with Crippen molar-refractivity contribution in [2.75, 3.05) is 18.1 Å². The van der Waals surface area contributed by atoms with Gasteiger partial charge in [-0.3, -0.25) is 0 Å². The smallest absolute Gasteiger partial charge is 0.228 e. The third kappa shape index (κ3) is 3.62. The molecular weight excluding hydrogens is 316 g/mol. The lowest BCUT2D eigenvalue weighted by Crippen LogP contribution is -2.30. The molecular formula is C14H18N6O2S. The van der Waals surface area contributed by atoms with Crippen molar-refractivity contribution in [3.05, 3.63) is 36.0 Å². The van der Waals surface area contributed by atoms with Gasteiger partial charge in [-0.1, -0.05) is 0 Å². The molecule has 3 rings (SSSR count). The Hall–Kier alpha value is -2.13. The lowest BCUT2D eigenvalue weighted by atomic mass is 10.1.